The maximum Gasteiger partial charge on any atom is 0.358 e. The number of hydrogen-bond donors (Lipinski definition) is 1. The van der Waals surface area contributed by atoms with Crippen LogP contribution in [0.2, 0.25) is 0 Å². The average molecular weight is 237 g/mol. The molecule has 0 radical (unpaired) electrons. The highest BCUT2D eigenvalue weighted by molar-refractivity contribution is 7.98. The molecule has 0 aliphatic heterocycles. The van der Waals surface area contributed by atoms with Gasteiger partial charge in [0.25, 0.3) is 0 Å². The van der Waals surface area contributed by atoms with Crippen molar-refractivity contribution in [3.05, 3.63) is 36.1 Å². The quantitative estimate of drug-likeness (QED) is 0.805. The van der Waals surface area contributed by atoms with Crippen molar-refractivity contribution < 1.29 is 14.4 Å². The van der Waals surface area contributed by atoms with Crippen molar-refractivity contribution in [2.75, 3.05) is 0 Å². The molecular formula is C9H7N3O3S. The van der Waals surface area contributed by atoms with E-state index in [1.54, 1.807) is 18.6 Å². The van der Waals surface area contributed by atoms with Gasteiger partial charge in [-0.15, -0.1) is 0 Å². The van der Waals surface area contributed by atoms with E-state index in [0.29, 0.717) is 11.5 Å². The lowest BCUT2D eigenvalue weighted by molar-refractivity contribution is 0.0685. The number of rotatable bonds is 4. The van der Waals surface area contributed by atoms with Crippen molar-refractivity contribution in [3.63, 3.8) is 0 Å². The molecule has 16 heavy (non-hydrogen) atoms. The minimum Gasteiger partial charge on any atom is -0.476 e. The van der Waals surface area contributed by atoms with Gasteiger partial charge in [-0.1, -0.05) is 16.9 Å². The molecule has 2 rings (SSSR count). The average Bonchev–Trinajstić information content (AvgIpc) is 2.76. The van der Waals surface area contributed by atoms with Crippen molar-refractivity contribution in [1.82, 2.24) is 15.1 Å². The van der Waals surface area contributed by atoms with Crippen molar-refractivity contribution >= 4 is 17.7 Å². The Morgan fingerprint density at radius 2 is 2.38 bits per heavy atom. The highest BCUT2D eigenvalue weighted by atomic mass is 32.2. The molecule has 2 aromatic heterocycles. The summed E-state index contributed by atoms with van der Waals surface area (Å²) in [6.07, 6.45) is 4.80. The topological polar surface area (TPSA) is 89.1 Å². The number of carboxylic acids is 1. The molecule has 0 aliphatic carbocycles. The van der Waals surface area contributed by atoms with Crippen LogP contribution in [-0.2, 0) is 5.75 Å². The molecule has 0 aliphatic rings. The summed E-state index contributed by atoms with van der Waals surface area (Å²) in [6, 6.07) is 1.39. The van der Waals surface area contributed by atoms with Gasteiger partial charge in [0.2, 0.25) is 0 Å². The number of carbonyl (C=O) groups is 1. The van der Waals surface area contributed by atoms with Crippen LogP contribution in [0.4, 0.5) is 0 Å². The predicted octanol–water partition coefficient (Wildman–Crippen LogP) is 1.46. The fourth-order valence-corrected chi connectivity index (χ4v) is 1.68. The summed E-state index contributed by atoms with van der Waals surface area (Å²) in [5.74, 6) is -0.133. The summed E-state index contributed by atoms with van der Waals surface area (Å²) in [5, 5.41) is 12.8. The highest BCUT2D eigenvalue weighted by Gasteiger charge is 2.10. The van der Waals surface area contributed by atoms with Crippen LogP contribution in [-0.4, -0.2) is 26.2 Å². The molecule has 0 spiro atoms. The highest BCUT2D eigenvalue weighted by Crippen LogP contribution is 2.19. The Kier molecular flexibility index (Phi) is 3.16. The van der Waals surface area contributed by atoms with E-state index < -0.39 is 5.97 Å². The Morgan fingerprint density at radius 3 is 3.00 bits per heavy atom. The van der Waals surface area contributed by atoms with Crippen LogP contribution < -0.4 is 0 Å². The van der Waals surface area contributed by atoms with E-state index in [9.17, 15) is 4.79 Å². The summed E-state index contributed by atoms with van der Waals surface area (Å²) in [7, 11) is 0. The molecule has 0 unspecified atom stereocenters. The molecule has 2 aromatic rings. The van der Waals surface area contributed by atoms with E-state index >= 15 is 0 Å². The van der Waals surface area contributed by atoms with E-state index in [1.165, 1.54) is 17.8 Å². The number of nitrogens with zero attached hydrogens (tertiary/aromatic N) is 3. The normalized spacial score (nSPS) is 10.2. The molecule has 1 N–H and O–H groups in total. The fraction of sp³-hybridized carbons (Fsp3) is 0.111. The first-order chi connectivity index (χ1) is 7.75. The first kappa shape index (κ1) is 10.6. The molecule has 0 saturated heterocycles. The van der Waals surface area contributed by atoms with Gasteiger partial charge in [0.1, 0.15) is 10.8 Å². The van der Waals surface area contributed by atoms with Gasteiger partial charge in [0.05, 0.1) is 11.9 Å². The molecule has 82 valence electrons. The second-order valence-corrected chi connectivity index (χ2v) is 3.81. The molecule has 0 bridgehead atoms. The monoisotopic (exact) mass is 237 g/mol. The largest absolute Gasteiger partial charge is 0.476 e. The minimum atomic E-state index is -1.10. The Balaban J connectivity index is 1.97. The van der Waals surface area contributed by atoms with Crippen molar-refractivity contribution in [3.8, 4) is 0 Å². The van der Waals surface area contributed by atoms with E-state index in [0.717, 1.165) is 5.03 Å². The smallest absolute Gasteiger partial charge is 0.358 e. The summed E-state index contributed by atoms with van der Waals surface area (Å²) in [6.45, 7) is 0. The first-order valence-electron chi connectivity index (χ1n) is 4.33. The van der Waals surface area contributed by atoms with Gasteiger partial charge in [-0.2, -0.15) is 0 Å². The van der Waals surface area contributed by atoms with E-state index in [2.05, 4.69) is 15.1 Å². The summed E-state index contributed by atoms with van der Waals surface area (Å²) < 4.78 is 4.85. The van der Waals surface area contributed by atoms with Gasteiger partial charge in [-0.25, -0.2) is 9.78 Å². The van der Waals surface area contributed by atoms with E-state index in [-0.39, 0.29) is 5.69 Å². The zero-order valence-corrected chi connectivity index (χ0v) is 8.85. The van der Waals surface area contributed by atoms with Crippen LogP contribution in [0, 0.1) is 0 Å². The Morgan fingerprint density at radius 1 is 1.50 bits per heavy atom. The van der Waals surface area contributed by atoms with Crippen molar-refractivity contribution in [2.45, 2.75) is 10.8 Å². The maximum atomic E-state index is 10.5. The molecular weight excluding hydrogens is 230 g/mol. The molecule has 2 heterocycles. The fourth-order valence-electron chi connectivity index (χ4n) is 0.987. The molecule has 0 aromatic carbocycles. The number of thioether (sulfide) groups is 1. The Labute approximate surface area is 94.7 Å². The zero-order chi connectivity index (χ0) is 11.4. The Hall–Kier alpha value is -1.89. The SMILES string of the molecule is O=C(O)c1cc(CSc2cnccn2)on1. The minimum absolute atomic E-state index is 0.0882. The lowest BCUT2D eigenvalue weighted by Gasteiger charge is -1.94. The Bertz CT molecular complexity index is 486. The molecule has 0 atom stereocenters. The third-order valence-corrected chi connectivity index (χ3v) is 2.62. The van der Waals surface area contributed by atoms with Crippen molar-refractivity contribution in [1.29, 1.82) is 0 Å². The standard InChI is InChI=1S/C9H7N3O3S/c13-9(14)7-3-6(15-12-7)5-16-8-4-10-1-2-11-8/h1-4H,5H2,(H,13,14). The third-order valence-electron chi connectivity index (χ3n) is 1.68. The van der Waals surface area contributed by atoms with Crippen molar-refractivity contribution in [2.24, 2.45) is 0 Å². The lowest BCUT2D eigenvalue weighted by Crippen LogP contribution is -1.94. The zero-order valence-electron chi connectivity index (χ0n) is 8.03. The van der Waals surface area contributed by atoms with Crippen LogP contribution in [0.1, 0.15) is 16.2 Å². The molecule has 0 amide bonds. The molecule has 0 saturated carbocycles. The summed E-state index contributed by atoms with van der Waals surface area (Å²) in [5.41, 5.74) is -0.0882. The van der Waals surface area contributed by atoms with E-state index in [4.69, 9.17) is 9.63 Å². The predicted molar refractivity (Wildman–Crippen MR) is 55.1 cm³/mol. The maximum absolute atomic E-state index is 10.5. The van der Waals surface area contributed by atoms with Gasteiger partial charge in [-0.05, 0) is 0 Å². The van der Waals surface area contributed by atoms with Crippen LogP contribution in [0.25, 0.3) is 0 Å². The van der Waals surface area contributed by atoms with Gasteiger partial charge in [0, 0.05) is 18.5 Å². The lowest BCUT2D eigenvalue weighted by atomic mass is 10.4. The summed E-state index contributed by atoms with van der Waals surface area (Å²) >= 11 is 1.40. The number of aromatic carboxylic acids is 1. The molecule has 7 heteroatoms. The molecule has 0 fully saturated rings. The van der Waals surface area contributed by atoms with Crippen LogP contribution >= 0.6 is 11.8 Å². The first-order valence-corrected chi connectivity index (χ1v) is 5.32. The van der Waals surface area contributed by atoms with Gasteiger partial charge < -0.3 is 9.63 Å². The molecule has 6 nitrogen and oxygen atoms in total. The second kappa shape index (κ2) is 4.75. The van der Waals surface area contributed by atoms with E-state index in [1.807, 2.05) is 0 Å². The van der Waals surface area contributed by atoms with Gasteiger partial charge >= 0.3 is 5.97 Å². The van der Waals surface area contributed by atoms with Crippen LogP contribution in [0.15, 0.2) is 34.2 Å². The number of aromatic nitrogens is 3. The van der Waals surface area contributed by atoms with Crippen LogP contribution in [0.3, 0.4) is 0 Å². The number of carboxylic acid groups (broad SMARTS) is 1. The third kappa shape index (κ3) is 2.57. The second-order valence-electron chi connectivity index (χ2n) is 2.82. The van der Waals surface area contributed by atoms with Gasteiger partial charge in [-0.3, -0.25) is 4.98 Å². The summed E-state index contributed by atoms with van der Waals surface area (Å²) in [4.78, 5) is 18.5. The van der Waals surface area contributed by atoms with Crippen LogP contribution in [0.5, 0.6) is 0 Å². The number of hydrogen-bond acceptors (Lipinski definition) is 6. The van der Waals surface area contributed by atoms with Gasteiger partial charge in [0.15, 0.2) is 5.69 Å².